The quantitative estimate of drug-likeness (QED) is 0.162. The molecule has 6 N–H and O–H groups in total. The van der Waals surface area contributed by atoms with Crippen LogP contribution in [0.1, 0.15) is 45.2 Å². The molecule has 0 bridgehead atoms. The first-order valence-electron chi connectivity index (χ1n) is 13.3. The smallest absolute Gasteiger partial charge is 0.176 e. The summed E-state index contributed by atoms with van der Waals surface area (Å²) >= 11 is 12.4. The Kier molecular flexibility index (Phi) is 8.72. The van der Waals surface area contributed by atoms with Gasteiger partial charge in [0.2, 0.25) is 0 Å². The average molecular weight is 580 g/mol. The minimum absolute atomic E-state index is 0.123. The molecule has 4 aromatic carbocycles. The molecular formula is C32H32Cl2N2O4. The monoisotopic (exact) mass is 578 g/mol. The lowest BCUT2D eigenvalue weighted by atomic mass is 9.87. The van der Waals surface area contributed by atoms with Crippen LogP contribution in [0.2, 0.25) is 10.0 Å². The summed E-state index contributed by atoms with van der Waals surface area (Å²) in [6, 6.07) is 23.5. The molecule has 0 fully saturated rings. The number of hydrogen-bond donors (Lipinski definition) is 6. The van der Waals surface area contributed by atoms with E-state index in [4.69, 9.17) is 23.2 Å². The Labute approximate surface area is 243 Å². The van der Waals surface area contributed by atoms with Gasteiger partial charge < -0.3 is 31.1 Å². The molecule has 0 aromatic heterocycles. The number of benzene rings is 4. The van der Waals surface area contributed by atoms with Crippen LogP contribution in [0, 0.1) is 0 Å². The number of phenolic OH excluding ortho intramolecular Hbond substituents is 4. The number of fused-ring (bicyclic) bond motifs is 2. The van der Waals surface area contributed by atoms with Crippen LogP contribution in [0.3, 0.4) is 0 Å². The van der Waals surface area contributed by atoms with E-state index in [1.54, 1.807) is 12.1 Å². The standard InChI is InChI=1S/2C16H16ClNO2/c2*17-15-11-6-7-18-9-13(10-4-2-1-3-5-10)12(11)8-14(19)16(15)20/h2*1-5,8,13,18-20H,6-7,9H2. The molecule has 208 valence electrons. The molecule has 8 heteroatoms. The predicted molar refractivity (Wildman–Crippen MR) is 159 cm³/mol. The highest BCUT2D eigenvalue weighted by Gasteiger charge is 2.26. The number of nitrogens with one attached hydrogen (secondary N) is 2. The summed E-state index contributed by atoms with van der Waals surface area (Å²) in [4.78, 5) is 0. The second kappa shape index (κ2) is 12.4. The van der Waals surface area contributed by atoms with E-state index in [1.165, 1.54) is 11.1 Å². The van der Waals surface area contributed by atoms with Gasteiger partial charge in [-0.15, -0.1) is 0 Å². The zero-order valence-electron chi connectivity index (χ0n) is 21.9. The zero-order chi connectivity index (χ0) is 28.2. The van der Waals surface area contributed by atoms with Gasteiger partial charge in [0.1, 0.15) is 0 Å². The first-order chi connectivity index (χ1) is 19.4. The maximum absolute atomic E-state index is 9.86. The van der Waals surface area contributed by atoms with E-state index in [9.17, 15) is 20.4 Å². The fraction of sp³-hybridized carbons (Fsp3) is 0.250. The fourth-order valence-corrected chi connectivity index (χ4v) is 6.21. The third-order valence-corrected chi connectivity index (χ3v) is 8.48. The Balaban J connectivity index is 0.000000161. The number of halogens is 2. The first-order valence-corrected chi connectivity index (χ1v) is 14.1. The molecule has 2 atom stereocenters. The molecule has 0 saturated carbocycles. The molecule has 6 rings (SSSR count). The van der Waals surface area contributed by atoms with Gasteiger partial charge in [0, 0.05) is 24.9 Å². The summed E-state index contributed by atoms with van der Waals surface area (Å²) in [5.74, 6) is -0.512. The molecule has 6 nitrogen and oxygen atoms in total. The van der Waals surface area contributed by atoms with E-state index in [0.717, 1.165) is 61.3 Å². The third-order valence-electron chi connectivity index (χ3n) is 7.67. The van der Waals surface area contributed by atoms with E-state index >= 15 is 0 Å². The molecular weight excluding hydrogens is 547 g/mol. The molecule has 2 aliphatic rings. The topological polar surface area (TPSA) is 105 Å². The summed E-state index contributed by atoms with van der Waals surface area (Å²) in [5, 5.41) is 46.6. The van der Waals surface area contributed by atoms with Gasteiger partial charge in [-0.1, -0.05) is 83.9 Å². The van der Waals surface area contributed by atoms with Crippen molar-refractivity contribution in [3.05, 3.63) is 116 Å². The number of aromatic hydroxyl groups is 4. The van der Waals surface area contributed by atoms with Crippen molar-refractivity contribution in [3.8, 4) is 23.0 Å². The molecule has 2 heterocycles. The maximum atomic E-state index is 9.86. The van der Waals surface area contributed by atoms with Crippen molar-refractivity contribution in [2.24, 2.45) is 0 Å². The van der Waals surface area contributed by atoms with Gasteiger partial charge in [0.25, 0.3) is 0 Å². The summed E-state index contributed by atoms with van der Waals surface area (Å²) in [7, 11) is 0. The van der Waals surface area contributed by atoms with Crippen molar-refractivity contribution in [2.45, 2.75) is 24.7 Å². The lowest BCUT2D eigenvalue weighted by molar-refractivity contribution is 0.402. The largest absolute Gasteiger partial charge is 0.504 e. The number of rotatable bonds is 2. The van der Waals surface area contributed by atoms with Crippen LogP contribution in [0.15, 0.2) is 72.8 Å². The van der Waals surface area contributed by atoms with E-state index < -0.39 is 0 Å². The van der Waals surface area contributed by atoms with Crippen molar-refractivity contribution in [1.82, 2.24) is 10.6 Å². The Bertz CT molecular complexity index is 1370. The molecule has 2 aliphatic heterocycles. The van der Waals surface area contributed by atoms with Crippen molar-refractivity contribution >= 4 is 23.2 Å². The van der Waals surface area contributed by atoms with E-state index in [-0.39, 0.29) is 44.9 Å². The molecule has 40 heavy (non-hydrogen) atoms. The summed E-state index contributed by atoms with van der Waals surface area (Å²) < 4.78 is 0. The minimum atomic E-state index is -0.223. The molecule has 0 spiro atoms. The van der Waals surface area contributed by atoms with Crippen molar-refractivity contribution < 1.29 is 20.4 Å². The lowest BCUT2D eigenvalue weighted by Gasteiger charge is -2.20. The summed E-state index contributed by atoms with van der Waals surface area (Å²) in [6.07, 6.45) is 1.48. The van der Waals surface area contributed by atoms with Crippen molar-refractivity contribution in [3.63, 3.8) is 0 Å². The molecule has 4 aromatic rings. The Morgan fingerprint density at radius 1 is 0.575 bits per heavy atom. The Morgan fingerprint density at radius 3 is 1.32 bits per heavy atom. The van der Waals surface area contributed by atoms with Gasteiger partial charge in [-0.2, -0.15) is 0 Å². The van der Waals surface area contributed by atoms with Crippen molar-refractivity contribution in [2.75, 3.05) is 26.2 Å². The third kappa shape index (κ3) is 5.72. The molecule has 0 radical (unpaired) electrons. The Hall–Kier alpha value is -3.42. The van der Waals surface area contributed by atoms with Gasteiger partial charge in [0.15, 0.2) is 23.0 Å². The maximum Gasteiger partial charge on any atom is 0.176 e. The lowest BCUT2D eigenvalue weighted by Crippen LogP contribution is -2.20. The van der Waals surface area contributed by atoms with E-state index in [1.807, 2.05) is 36.4 Å². The highest BCUT2D eigenvalue weighted by atomic mass is 35.5. The molecule has 0 saturated heterocycles. The fourth-order valence-electron chi connectivity index (χ4n) is 5.60. The number of phenols is 4. The SMILES string of the molecule is Oc1cc2c(c(Cl)c1O)CCNCC2c1ccccc1.Oc1cc2c(c(Cl)c1O)CCNCC2c1ccccc1. The van der Waals surface area contributed by atoms with Crippen LogP contribution < -0.4 is 10.6 Å². The van der Waals surface area contributed by atoms with Crippen molar-refractivity contribution in [1.29, 1.82) is 0 Å². The van der Waals surface area contributed by atoms with Crippen LogP contribution in [0.5, 0.6) is 23.0 Å². The predicted octanol–water partition coefficient (Wildman–Crippen LogP) is 6.06. The molecule has 0 aliphatic carbocycles. The van der Waals surface area contributed by atoms with E-state index in [0.29, 0.717) is 0 Å². The van der Waals surface area contributed by atoms with Crippen LogP contribution in [0.4, 0.5) is 0 Å². The zero-order valence-corrected chi connectivity index (χ0v) is 23.4. The normalized spacial score (nSPS) is 18.4. The van der Waals surface area contributed by atoms with Gasteiger partial charge in [-0.25, -0.2) is 0 Å². The highest BCUT2D eigenvalue weighted by molar-refractivity contribution is 6.33. The van der Waals surface area contributed by atoms with Crippen LogP contribution in [0.25, 0.3) is 0 Å². The molecule has 0 amide bonds. The van der Waals surface area contributed by atoms with Crippen LogP contribution >= 0.6 is 23.2 Å². The minimum Gasteiger partial charge on any atom is -0.504 e. The van der Waals surface area contributed by atoms with Gasteiger partial charge in [0.05, 0.1) is 10.0 Å². The highest BCUT2D eigenvalue weighted by Crippen LogP contribution is 2.44. The molecule has 2 unspecified atom stereocenters. The van der Waals surface area contributed by atoms with Gasteiger partial charge in [-0.3, -0.25) is 0 Å². The summed E-state index contributed by atoms with van der Waals surface area (Å²) in [5.41, 5.74) is 6.15. The second-order valence-corrected chi connectivity index (χ2v) is 10.8. The summed E-state index contributed by atoms with van der Waals surface area (Å²) in [6.45, 7) is 3.19. The Morgan fingerprint density at radius 2 is 0.950 bits per heavy atom. The number of hydrogen-bond acceptors (Lipinski definition) is 6. The second-order valence-electron chi connectivity index (χ2n) is 10.1. The van der Waals surface area contributed by atoms with Gasteiger partial charge in [-0.05, 0) is 71.4 Å². The average Bonchev–Trinajstić information content (AvgIpc) is 3.33. The van der Waals surface area contributed by atoms with Crippen LogP contribution in [-0.4, -0.2) is 46.6 Å². The van der Waals surface area contributed by atoms with E-state index in [2.05, 4.69) is 34.9 Å². The first kappa shape index (κ1) is 28.1. The van der Waals surface area contributed by atoms with Gasteiger partial charge >= 0.3 is 0 Å². The van der Waals surface area contributed by atoms with Crippen LogP contribution in [-0.2, 0) is 12.8 Å².